The minimum atomic E-state index is -0.101. The third-order valence-electron chi connectivity index (χ3n) is 5.10. The highest BCUT2D eigenvalue weighted by molar-refractivity contribution is 6.30. The van der Waals surface area contributed by atoms with Gasteiger partial charge in [-0.1, -0.05) is 23.7 Å². The minimum absolute atomic E-state index is 0.101. The number of nitrogen functional groups attached to an aromatic ring is 1. The highest BCUT2D eigenvalue weighted by Crippen LogP contribution is 2.43. The number of nitrogens with two attached hydrogens (primary N) is 1. The van der Waals surface area contributed by atoms with E-state index in [1.165, 1.54) is 35.4 Å². The Bertz CT molecular complexity index is 943. The third-order valence-corrected chi connectivity index (χ3v) is 5.44. The molecule has 0 bridgehead atoms. The van der Waals surface area contributed by atoms with Crippen molar-refractivity contribution >= 4 is 17.3 Å². The maximum Gasteiger partial charge on any atom is 0.134 e. The van der Waals surface area contributed by atoms with E-state index in [0.717, 1.165) is 17.8 Å². The number of rotatable bonds is 5. The first-order valence-corrected chi connectivity index (χ1v) is 9.24. The van der Waals surface area contributed by atoms with Crippen LogP contribution in [0.1, 0.15) is 41.3 Å². The van der Waals surface area contributed by atoms with Crippen LogP contribution in [-0.2, 0) is 13.2 Å². The molecule has 0 spiro atoms. The Balaban J connectivity index is 1.74. The topological polar surface area (TPSA) is 64.1 Å². The first-order chi connectivity index (χ1) is 12.6. The van der Waals surface area contributed by atoms with Crippen LogP contribution in [0.25, 0.3) is 11.1 Å². The van der Waals surface area contributed by atoms with Crippen LogP contribution in [0.5, 0.6) is 0 Å². The van der Waals surface area contributed by atoms with Gasteiger partial charge in [-0.2, -0.15) is 0 Å². The molecule has 1 aliphatic carbocycles. The maximum absolute atomic E-state index is 9.45. The second-order valence-corrected chi connectivity index (χ2v) is 7.36. The van der Waals surface area contributed by atoms with Gasteiger partial charge in [-0.05, 0) is 61.1 Å². The van der Waals surface area contributed by atoms with Crippen molar-refractivity contribution in [2.75, 3.05) is 5.73 Å². The Morgan fingerprint density at radius 2 is 1.96 bits per heavy atom. The molecule has 1 saturated carbocycles. The summed E-state index contributed by atoms with van der Waals surface area (Å²) in [6, 6.07) is 12.3. The molecule has 1 aromatic carbocycles. The molecule has 3 N–H and O–H groups in total. The molecule has 0 saturated heterocycles. The lowest BCUT2D eigenvalue weighted by Gasteiger charge is -2.13. The number of benzene rings is 1. The first-order valence-electron chi connectivity index (χ1n) is 8.87. The average Bonchev–Trinajstić information content (AvgIpc) is 3.43. The minimum Gasteiger partial charge on any atom is -0.399 e. The number of anilines is 1. The molecule has 0 aliphatic heterocycles. The summed E-state index contributed by atoms with van der Waals surface area (Å²) in [5.41, 5.74) is 13.4. The fourth-order valence-corrected chi connectivity index (χ4v) is 3.64. The fourth-order valence-electron chi connectivity index (χ4n) is 3.47. The van der Waals surface area contributed by atoms with E-state index < -0.39 is 0 Å². The first kappa shape index (κ1) is 17.1. The summed E-state index contributed by atoms with van der Waals surface area (Å²) in [6.45, 7) is 2.79. The van der Waals surface area contributed by atoms with E-state index in [9.17, 15) is 5.11 Å². The summed E-state index contributed by atoms with van der Waals surface area (Å²) in [6.07, 6.45) is 4.28. The van der Waals surface area contributed by atoms with Crippen molar-refractivity contribution in [1.29, 1.82) is 0 Å². The van der Waals surface area contributed by atoms with Crippen molar-refractivity contribution in [3.05, 3.63) is 70.3 Å². The van der Waals surface area contributed by atoms with Crippen molar-refractivity contribution in [2.24, 2.45) is 0 Å². The average molecular weight is 368 g/mol. The van der Waals surface area contributed by atoms with Gasteiger partial charge in [0.25, 0.3) is 0 Å². The molecule has 26 heavy (non-hydrogen) atoms. The molecule has 0 unspecified atom stereocenters. The Labute approximate surface area is 158 Å². The van der Waals surface area contributed by atoms with Crippen LogP contribution in [0.2, 0.25) is 5.15 Å². The summed E-state index contributed by atoms with van der Waals surface area (Å²) in [5.74, 6) is 0.633. The Hall–Kier alpha value is -2.30. The molecule has 3 aromatic rings. The van der Waals surface area contributed by atoms with Crippen molar-refractivity contribution < 1.29 is 5.11 Å². The standard InChI is InChI=1S/C21H22ClN3O/c1-13-19(15-4-6-18(23)7-5-15)9-20(16-2-3-16)25(13)11-14-8-17(12-26)21(22)24-10-14/h4-10,16,26H,2-3,11-12,23H2,1H3. The molecule has 0 radical (unpaired) electrons. The lowest BCUT2D eigenvalue weighted by atomic mass is 10.1. The van der Waals surface area contributed by atoms with E-state index in [-0.39, 0.29) is 6.61 Å². The predicted octanol–water partition coefficient (Wildman–Crippen LogP) is 4.51. The van der Waals surface area contributed by atoms with E-state index in [0.29, 0.717) is 16.6 Å². The van der Waals surface area contributed by atoms with Gasteiger partial charge < -0.3 is 15.4 Å². The van der Waals surface area contributed by atoms with Crippen molar-refractivity contribution in [3.63, 3.8) is 0 Å². The highest BCUT2D eigenvalue weighted by Gasteiger charge is 2.29. The van der Waals surface area contributed by atoms with Crippen molar-refractivity contribution in [3.8, 4) is 11.1 Å². The molecule has 0 amide bonds. The van der Waals surface area contributed by atoms with E-state index in [1.54, 1.807) is 6.20 Å². The molecule has 134 valence electrons. The van der Waals surface area contributed by atoms with Crippen LogP contribution >= 0.6 is 11.6 Å². The van der Waals surface area contributed by atoms with E-state index >= 15 is 0 Å². The zero-order chi connectivity index (χ0) is 18.3. The van der Waals surface area contributed by atoms with Crippen molar-refractivity contribution in [1.82, 2.24) is 9.55 Å². The number of aliphatic hydroxyl groups excluding tert-OH is 1. The highest BCUT2D eigenvalue weighted by atomic mass is 35.5. The molecule has 4 nitrogen and oxygen atoms in total. The number of hydrogen-bond donors (Lipinski definition) is 2. The number of nitrogens with zero attached hydrogens (tertiary/aromatic N) is 2. The predicted molar refractivity (Wildman–Crippen MR) is 105 cm³/mol. The molecular formula is C21H22ClN3O. The summed E-state index contributed by atoms with van der Waals surface area (Å²) < 4.78 is 2.37. The second kappa shape index (κ2) is 6.78. The monoisotopic (exact) mass is 367 g/mol. The number of hydrogen-bond acceptors (Lipinski definition) is 3. The van der Waals surface area contributed by atoms with Gasteiger partial charge in [-0.25, -0.2) is 4.98 Å². The molecule has 4 rings (SSSR count). The Kier molecular flexibility index (Phi) is 4.47. The van der Waals surface area contributed by atoms with Crippen LogP contribution in [0.3, 0.4) is 0 Å². The number of aliphatic hydroxyl groups is 1. The summed E-state index contributed by atoms with van der Waals surface area (Å²) in [7, 11) is 0. The van der Waals surface area contributed by atoms with Gasteiger partial charge in [0.2, 0.25) is 0 Å². The molecule has 2 aromatic heterocycles. The van der Waals surface area contributed by atoms with Crippen LogP contribution in [0.15, 0.2) is 42.6 Å². The van der Waals surface area contributed by atoms with Gasteiger partial charge in [0.15, 0.2) is 0 Å². The second-order valence-electron chi connectivity index (χ2n) is 7.00. The van der Waals surface area contributed by atoms with E-state index in [4.69, 9.17) is 17.3 Å². The summed E-state index contributed by atoms with van der Waals surface area (Å²) >= 11 is 6.03. The third kappa shape index (κ3) is 3.22. The van der Waals surface area contributed by atoms with Gasteiger partial charge in [0.05, 0.1) is 6.61 Å². The lowest BCUT2D eigenvalue weighted by molar-refractivity contribution is 0.281. The molecule has 1 aliphatic rings. The van der Waals surface area contributed by atoms with Crippen LogP contribution in [-0.4, -0.2) is 14.7 Å². The molecule has 0 atom stereocenters. The maximum atomic E-state index is 9.45. The van der Waals surface area contributed by atoms with Gasteiger partial charge in [-0.3, -0.25) is 0 Å². The van der Waals surface area contributed by atoms with Crippen molar-refractivity contribution in [2.45, 2.75) is 38.8 Å². The zero-order valence-electron chi connectivity index (χ0n) is 14.7. The van der Waals surface area contributed by atoms with Gasteiger partial charge >= 0.3 is 0 Å². The lowest BCUT2D eigenvalue weighted by Crippen LogP contribution is -2.07. The molecule has 5 heteroatoms. The Morgan fingerprint density at radius 1 is 1.23 bits per heavy atom. The number of aromatic nitrogens is 2. The normalized spacial score (nSPS) is 14.0. The Morgan fingerprint density at radius 3 is 2.62 bits per heavy atom. The van der Waals surface area contributed by atoms with Gasteiger partial charge in [0.1, 0.15) is 5.15 Å². The molecule has 2 heterocycles. The molecule has 1 fully saturated rings. The molecular weight excluding hydrogens is 346 g/mol. The largest absolute Gasteiger partial charge is 0.399 e. The summed E-state index contributed by atoms with van der Waals surface area (Å²) in [4.78, 5) is 4.22. The number of pyridine rings is 1. The fraction of sp³-hybridized carbons (Fsp3) is 0.286. The SMILES string of the molecule is Cc1c(-c2ccc(N)cc2)cc(C2CC2)n1Cc1cnc(Cl)c(CO)c1. The quantitative estimate of drug-likeness (QED) is 0.515. The van der Waals surface area contributed by atoms with E-state index in [2.05, 4.69) is 34.7 Å². The van der Waals surface area contributed by atoms with Crippen LogP contribution in [0.4, 0.5) is 5.69 Å². The van der Waals surface area contributed by atoms with E-state index in [1.807, 2.05) is 18.2 Å². The van der Waals surface area contributed by atoms with Gasteiger partial charge in [-0.15, -0.1) is 0 Å². The van der Waals surface area contributed by atoms with Crippen LogP contribution in [0, 0.1) is 6.92 Å². The summed E-state index contributed by atoms with van der Waals surface area (Å²) in [5, 5.41) is 9.82. The van der Waals surface area contributed by atoms with Crippen LogP contribution < -0.4 is 5.73 Å². The number of halogens is 1. The smallest absolute Gasteiger partial charge is 0.134 e. The van der Waals surface area contributed by atoms with Gasteiger partial charge in [0, 0.05) is 40.9 Å². The zero-order valence-corrected chi connectivity index (χ0v) is 15.5.